The second-order valence-corrected chi connectivity index (χ2v) is 5.65. The first-order valence-electron chi connectivity index (χ1n) is 7.19. The fraction of sp³-hybridized carbons (Fsp3) is 0.562. The van der Waals surface area contributed by atoms with Gasteiger partial charge in [0.1, 0.15) is 5.75 Å². The van der Waals surface area contributed by atoms with E-state index in [4.69, 9.17) is 4.74 Å². The van der Waals surface area contributed by atoms with E-state index >= 15 is 0 Å². The number of hydrogen-bond acceptors (Lipinski definition) is 3. The molecule has 1 saturated carbocycles. The second kappa shape index (κ2) is 6.27. The number of hydrogen-bond donors (Lipinski definition) is 2. The van der Waals surface area contributed by atoms with Crippen molar-refractivity contribution in [1.29, 1.82) is 0 Å². The molecule has 2 N–H and O–H groups in total. The van der Waals surface area contributed by atoms with Crippen LogP contribution in [0.5, 0.6) is 5.75 Å². The van der Waals surface area contributed by atoms with Crippen molar-refractivity contribution in [1.82, 2.24) is 5.32 Å². The maximum absolute atomic E-state index is 12.1. The third kappa shape index (κ3) is 3.51. The molecule has 0 heterocycles. The normalized spacial score (nSPS) is 17.6. The number of aryl methyl sites for hydroxylation is 1. The minimum atomic E-state index is -0.733. The molecule has 0 aromatic heterocycles. The minimum Gasteiger partial charge on any atom is -0.496 e. The number of methoxy groups -OCH3 is 1. The first-order chi connectivity index (χ1) is 9.54. The summed E-state index contributed by atoms with van der Waals surface area (Å²) in [5.74, 6) is 0.538. The van der Waals surface area contributed by atoms with Gasteiger partial charge >= 0.3 is 0 Å². The van der Waals surface area contributed by atoms with Crippen LogP contribution in [-0.4, -0.2) is 30.3 Å². The molecule has 1 aliphatic carbocycles. The summed E-state index contributed by atoms with van der Waals surface area (Å²) < 4.78 is 5.22. The summed E-state index contributed by atoms with van der Waals surface area (Å²) in [5.41, 5.74) is 0.824. The SMILES string of the molecule is COc1cc(C(=O)NCC2(O)CCCCC2)ccc1C. The van der Waals surface area contributed by atoms with Crippen LogP contribution in [-0.2, 0) is 0 Å². The third-order valence-corrected chi connectivity index (χ3v) is 4.03. The summed E-state index contributed by atoms with van der Waals surface area (Å²) in [5, 5.41) is 13.2. The van der Waals surface area contributed by atoms with Gasteiger partial charge in [-0.2, -0.15) is 0 Å². The van der Waals surface area contributed by atoms with E-state index in [2.05, 4.69) is 5.32 Å². The Balaban J connectivity index is 1.98. The molecule has 1 aliphatic rings. The van der Waals surface area contributed by atoms with Crippen molar-refractivity contribution in [2.24, 2.45) is 0 Å². The molecular weight excluding hydrogens is 254 g/mol. The number of carbonyl (C=O) groups excluding carboxylic acids is 1. The van der Waals surface area contributed by atoms with Crippen LogP contribution in [0.25, 0.3) is 0 Å². The first-order valence-corrected chi connectivity index (χ1v) is 7.19. The van der Waals surface area contributed by atoms with Crippen molar-refractivity contribution in [2.75, 3.05) is 13.7 Å². The van der Waals surface area contributed by atoms with E-state index in [1.165, 1.54) is 6.42 Å². The van der Waals surface area contributed by atoms with E-state index in [0.29, 0.717) is 17.9 Å². The summed E-state index contributed by atoms with van der Waals surface area (Å²) in [4.78, 5) is 12.1. The van der Waals surface area contributed by atoms with Gasteiger partial charge in [-0.25, -0.2) is 0 Å². The van der Waals surface area contributed by atoms with Gasteiger partial charge in [0, 0.05) is 12.1 Å². The molecule has 1 aromatic rings. The molecule has 4 heteroatoms. The maximum atomic E-state index is 12.1. The molecule has 110 valence electrons. The van der Waals surface area contributed by atoms with Crippen LogP contribution in [0.1, 0.15) is 48.0 Å². The monoisotopic (exact) mass is 277 g/mol. The van der Waals surface area contributed by atoms with Gasteiger partial charge < -0.3 is 15.2 Å². The number of carbonyl (C=O) groups is 1. The Hall–Kier alpha value is -1.55. The average molecular weight is 277 g/mol. The Bertz CT molecular complexity index is 479. The molecule has 1 fully saturated rings. The molecule has 0 radical (unpaired) electrons. The van der Waals surface area contributed by atoms with Gasteiger partial charge in [0.25, 0.3) is 5.91 Å². The van der Waals surface area contributed by atoms with Crippen LogP contribution in [0.2, 0.25) is 0 Å². The molecule has 1 aromatic carbocycles. The highest BCUT2D eigenvalue weighted by Gasteiger charge is 2.29. The summed E-state index contributed by atoms with van der Waals surface area (Å²) in [6, 6.07) is 5.37. The highest BCUT2D eigenvalue weighted by Crippen LogP contribution is 2.27. The quantitative estimate of drug-likeness (QED) is 0.888. The van der Waals surface area contributed by atoms with Crippen LogP contribution in [0.3, 0.4) is 0 Å². The summed E-state index contributed by atoms with van der Waals surface area (Å²) in [6.07, 6.45) is 4.77. The first kappa shape index (κ1) is 14.9. The molecule has 2 rings (SSSR count). The topological polar surface area (TPSA) is 58.6 Å². The van der Waals surface area contributed by atoms with E-state index in [-0.39, 0.29) is 5.91 Å². The Kier molecular flexibility index (Phi) is 4.65. The molecule has 0 aliphatic heterocycles. The van der Waals surface area contributed by atoms with Gasteiger partial charge in [0.05, 0.1) is 12.7 Å². The fourth-order valence-corrected chi connectivity index (χ4v) is 2.69. The van der Waals surface area contributed by atoms with Crippen LogP contribution in [0, 0.1) is 6.92 Å². The Morgan fingerprint density at radius 3 is 2.70 bits per heavy atom. The van der Waals surface area contributed by atoms with Gasteiger partial charge in [0.15, 0.2) is 0 Å². The van der Waals surface area contributed by atoms with Gasteiger partial charge in [-0.3, -0.25) is 4.79 Å². The van der Waals surface area contributed by atoms with Crippen molar-refractivity contribution in [2.45, 2.75) is 44.6 Å². The lowest BCUT2D eigenvalue weighted by molar-refractivity contribution is 0.00525. The van der Waals surface area contributed by atoms with Crippen LogP contribution in [0.15, 0.2) is 18.2 Å². The summed E-state index contributed by atoms with van der Waals surface area (Å²) in [6.45, 7) is 2.26. The molecule has 0 spiro atoms. The van der Waals surface area contributed by atoms with Crippen LogP contribution in [0.4, 0.5) is 0 Å². The van der Waals surface area contributed by atoms with E-state index in [1.54, 1.807) is 19.2 Å². The van der Waals surface area contributed by atoms with E-state index in [1.807, 2.05) is 13.0 Å². The predicted molar refractivity (Wildman–Crippen MR) is 78.1 cm³/mol. The van der Waals surface area contributed by atoms with Crippen molar-refractivity contribution in [3.8, 4) is 5.75 Å². The van der Waals surface area contributed by atoms with E-state index in [0.717, 1.165) is 31.2 Å². The van der Waals surface area contributed by atoms with Gasteiger partial charge in [-0.05, 0) is 37.5 Å². The predicted octanol–water partition coefficient (Wildman–Crippen LogP) is 2.43. The smallest absolute Gasteiger partial charge is 0.251 e. The average Bonchev–Trinajstić information content (AvgIpc) is 2.46. The molecule has 0 saturated heterocycles. The van der Waals surface area contributed by atoms with Crippen molar-refractivity contribution in [3.63, 3.8) is 0 Å². The molecular formula is C16H23NO3. The van der Waals surface area contributed by atoms with Crippen LogP contribution >= 0.6 is 0 Å². The maximum Gasteiger partial charge on any atom is 0.251 e. The highest BCUT2D eigenvalue weighted by molar-refractivity contribution is 5.94. The largest absolute Gasteiger partial charge is 0.496 e. The number of rotatable bonds is 4. The Morgan fingerprint density at radius 2 is 2.05 bits per heavy atom. The highest BCUT2D eigenvalue weighted by atomic mass is 16.5. The molecule has 20 heavy (non-hydrogen) atoms. The van der Waals surface area contributed by atoms with E-state index < -0.39 is 5.60 Å². The lowest BCUT2D eigenvalue weighted by atomic mass is 9.85. The van der Waals surface area contributed by atoms with E-state index in [9.17, 15) is 9.90 Å². The van der Waals surface area contributed by atoms with Gasteiger partial charge in [-0.1, -0.05) is 25.3 Å². The molecule has 0 atom stereocenters. The van der Waals surface area contributed by atoms with Crippen molar-refractivity contribution < 1.29 is 14.6 Å². The van der Waals surface area contributed by atoms with Crippen LogP contribution < -0.4 is 10.1 Å². The molecule has 4 nitrogen and oxygen atoms in total. The number of amides is 1. The molecule has 0 unspecified atom stereocenters. The second-order valence-electron chi connectivity index (χ2n) is 5.65. The summed E-state index contributed by atoms with van der Waals surface area (Å²) in [7, 11) is 1.59. The van der Waals surface area contributed by atoms with Crippen molar-refractivity contribution >= 4 is 5.91 Å². The molecule has 1 amide bonds. The number of benzene rings is 1. The van der Waals surface area contributed by atoms with Gasteiger partial charge in [-0.15, -0.1) is 0 Å². The zero-order chi connectivity index (χ0) is 14.6. The summed E-state index contributed by atoms with van der Waals surface area (Å²) >= 11 is 0. The lowest BCUT2D eigenvalue weighted by Gasteiger charge is -2.32. The number of aliphatic hydroxyl groups is 1. The third-order valence-electron chi connectivity index (χ3n) is 4.03. The lowest BCUT2D eigenvalue weighted by Crippen LogP contribution is -2.44. The van der Waals surface area contributed by atoms with Gasteiger partial charge in [0.2, 0.25) is 0 Å². The zero-order valence-electron chi connectivity index (χ0n) is 12.2. The zero-order valence-corrected chi connectivity index (χ0v) is 12.2. The van der Waals surface area contributed by atoms with Crippen molar-refractivity contribution in [3.05, 3.63) is 29.3 Å². The molecule has 0 bridgehead atoms. The Morgan fingerprint density at radius 1 is 1.35 bits per heavy atom. The number of nitrogens with one attached hydrogen (secondary N) is 1. The minimum absolute atomic E-state index is 0.165. The standard InChI is InChI=1S/C16H23NO3/c1-12-6-7-13(10-14(12)20-2)15(18)17-11-16(19)8-4-3-5-9-16/h6-7,10,19H,3-5,8-9,11H2,1-2H3,(H,17,18). The fourth-order valence-electron chi connectivity index (χ4n) is 2.69. The Labute approximate surface area is 120 Å². The number of ether oxygens (including phenoxy) is 1.